The van der Waals surface area contributed by atoms with E-state index in [1.807, 2.05) is 10.8 Å². The summed E-state index contributed by atoms with van der Waals surface area (Å²) in [5.74, 6) is -1.71. The number of thiophene rings is 1. The average molecular weight is 376 g/mol. The fourth-order valence-corrected chi connectivity index (χ4v) is 4.16. The van der Waals surface area contributed by atoms with Crippen molar-refractivity contribution in [3.63, 3.8) is 0 Å². The van der Waals surface area contributed by atoms with Crippen LogP contribution in [0.5, 0.6) is 0 Å². The van der Waals surface area contributed by atoms with Gasteiger partial charge in [-0.15, -0.1) is 11.3 Å². The third-order valence-electron chi connectivity index (χ3n) is 3.02. The molecule has 0 fully saturated rings. The van der Waals surface area contributed by atoms with Crippen LogP contribution in [0, 0.1) is 11.3 Å². The van der Waals surface area contributed by atoms with Gasteiger partial charge >= 0.3 is 5.97 Å². The van der Waals surface area contributed by atoms with Crippen molar-refractivity contribution in [2.75, 3.05) is 7.11 Å². The molecule has 9 heteroatoms. The third kappa shape index (κ3) is 4.32. The molecule has 1 amide bonds. The van der Waals surface area contributed by atoms with Crippen LogP contribution in [0.1, 0.15) is 20.8 Å². The molecule has 128 valence electrons. The largest absolute Gasteiger partial charge is 0.465 e. The van der Waals surface area contributed by atoms with Gasteiger partial charge in [0.05, 0.1) is 18.7 Å². The molecule has 0 unspecified atom stereocenters. The minimum atomic E-state index is -4.23. The quantitative estimate of drug-likeness (QED) is 0.630. The summed E-state index contributed by atoms with van der Waals surface area (Å²) in [7, 11) is -3.10. The van der Waals surface area contributed by atoms with E-state index in [1.54, 1.807) is 24.3 Å². The molecule has 1 aromatic carbocycles. The summed E-state index contributed by atoms with van der Waals surface area (Å²) in [6.45, 7) is 0. The average Bonchev–Trinajstić information content (AvgIpc) is 3.10. The first-order valence-corrected chi connectivity index (χ1v) is 9.15. The summed E-state index contributed by atoms with van der Waals surface area (Å²) < 4.78 is 30.9. The van der Waals surface area contributed by atoms with Gasteiger partial charge in [-0.2, -0.15) is 5.26 Å². The lowest BCUT2D eigenvalue weighted by Gasteiger charge is -2.05. The molecule has 0 aliphatic heterocycles. The highest BCUT2D eigenvalue weighted by Crippen LogP contribution is 2.22. The molecule has 0 aliphatic rings. The van der Waals surface area contributed by atoms with Crippen LogP contribution in [0.4, 0.5) is 0 Å². The Kier molecular flexibility index (Phi) is 5.69. The number of rotatable bonds is 5. The first-order chi connectivity index (χ1) is 11.9. The van der Waals surface area contributed by atoms with Crippen LogP contribution in [0.25, 0.3) is 6.08 Å². The fourth-order valence-electron chi connectivity index (χ4n) is 1.88. The SMILES string of the molecule is COC(=O)c1sccc1S(=O)(=O)NC(=O)/C=C\c1ccccc1C#N. The molecule has 0 radical (unpaired) electrons. The topological polar surface area (TPSA) is 113 Å². The van der Waals surface area contributed by atoms with Gasteiger partial charge in [0, 0.05) is 6.08 Å². The first-order valence-electron chi connectivity index (χ1n) is 6.79. The van der Waals surface area contributed by atoms with Crippen LogP contribution in [0.3, 0.4) is 0 Å². The number of nitriles is 1. The number of methoxy groups -OCH3 is 1. The van der Waals surface area contributed by atoms with Crippen molar-refractivity contribution >= 4 is 39.3 Å². The van der Waals surface area contributed by atoms with E-state index in [4.69, 9.17) is 5.26 Å². The maximum absolute atomic E-state index is 12.3. The Bertz CT molecular complexity index is 984. The molecule has 0 aliphatic carbocycles. The molecule has 0 bridgehead atoms. The van der Waals surface area contributed by atoms with Crippen molar-refractivity contribution in [3.8, 4) is 6.07 Å². The molecule has 25 heavy (non-hydrogen) atoms. The molecule has 7 nitrogen and oxygen atoms in total. The molecule has 2 rings (SSSR count). The molecular formula is C16H12N2O5S2. The van der Waals surface area contributed by atoms with Crippen molar-refractivity contribution in [2.45, 2.75) is 4.90 Å². The van der Waals surface area contributed by atoms with Gasteiger partial charge in [0.1, 0.15) is 9.77 Å². The number of benzene rings is 1. The van der Waals surface area contributed by atoms with E-state index in [0.29, 0.717) is 11.1 Å². The molecule has 1 heterocycles. The van der Waals surface area contributed by atoms with E-state index in [-0.39, 0.29) is 9.77 Å². The second kappa shape index (κ2) is 7.74. The van der Waals surface area contributed by atoms with Gasteiger partial charge in [0.25, 0.3) is 15.9 Å². The summed E-state index contributed by atoms with van der Waals surface area (Å²) in [5, 5.41) is 10.4. The lowest BCUT2D eigenvalue weighted by atomic mass is 10.1. The van der Waals surface area contributed by atoms with Gasteiger partial charge in [0.2, 0.25) is 0 Å². The van der Waals surface area contributed by atoms with E-state index in [0.717, 1.165) is 24.5 Å². The number of carbonyl (C=O) groups excluding carboxylic acids is 2. The fraction of sp³-hybridized carbons (Fsp3) is 0.0625. The summed E-state index contributed by atoms with van der Waals surface area (Å²) >= 11 is 0.892. The molecule has 1 N–H and O–H groups in total. The molecule has 1 aromatic heterocycles. The number of amides is 1. The van der Waals surface area contributed by atoms with Crippen molar-refractivity contribution < 1.29 is 22.7 Å². The summed E-state index contributed by atoms with van der Waals surface area (Å²) in [6.07, 6.45) is 2.33. The number of hydrogen-bond donors (Lipinski definition) is 1. The lowest BCUT2D eigenvalue weighted by Crippen LogP contribution is -2.29. The van der Waals surface area contributed by atoms with E-state index in [1.165, 1.54) is 17.5 Å². The number of nitrogens with one attached hydrogen (secondary N) is 1. The Hall–Kier alpha value is -2.96. The van der Waals surface area contributed by atoms with E-state index in [9.17, 15) is 18.0 Å². The monoisotopic (exact) mass is 376 g/mol. The normalized spacial score (nSPS) is 11.0. The Morgan fingerprint density at radius 3 is 2.68 bits per heavy atom. The Balaban J connectivity index is 2.20. The zero-order valence-corrected chi connectivity index (χ0v) is 14.6. The smallest absolute Gasteiger partial charge is 0.349 e. The van der Waals surface area contributed by atoms with E-state index < -0.39 is 21.9 Å². The maximum Gasteiger partial charge on any atom is 0.349 e. The van der Waals surface area contributed by atoms with Gasteiger partial charge in [-0.1, -0.05) is 18.2 Å². The zero-order valence-electron chi connectivity index (χ0n) is 12.9. The molecule has 0 saturated heterocycles. The second-order valence-corrected chi connectivity index (χ2v) is 7.17. The minimum Gasteiger partial charge on any atom is -0.465 e. The summed E-state index contributed by atoms with van der Waals surface area (Å²) in [5.41, 5.74) is 0.823. The van der Waals surface area contributed by atoms with Crippen LogP contribution >= 0.6 is 11.3 Å². The van der Waals surface area contributed by atoms with E-state index in [2.05, 4.69) is 4.74 Å². The van der Waals surface area contributed by atoms with Gasteiger partial charge < -0.3 is 4.74 Å². The highest BCUT2D eigenvalue weighted by molar-refractivity contribution is 7.90. The Morgan fingerprint density at radius 2 is 2.00 bits per heavy atom. The highest BCUT2D eigenvalue weighted by Gasteiger charge is 2.25. The van der Waals surface area contributed by atoms with E-state index >= 15 is 0 Å². The maximum atomic E-state index is 12.3. The number of nitrogens with zero attached hydrogens (tertiary/aromatic N) is 1. The number of ether oxygens (including phenoxy) is 1. The van der Waals surface area contributed by atoms with Crippen LogP contribution in [-0.4, -0.2) is 27.4 Å². The highest BCUT2D eigenvalue weighted by atomic mass is 32.2. The van der Waals surface area contributed by atoms with Crippen LogP contribution < -0.4 is 4.72 Å². The number of carbonyl (C=O) groups is 2. The lowest BCUT2D eigenvalue weighted by molar-refractivity contribution is -0.114. The van der Waals surface area contributed by atoms with Crippen molar-refractivity contribution in [1.29, 1.82) is 5.26 Å². The summed E-state index contributed by atoms with van der Waals surface area (Å²) in [4.78, 5) is 23.0. The molecular weight excluding hydrogens is 364 g/mol. The molecule has 0 spiro atoms. The van der Waals surface area contributed by atoms with Crippen molar-refractivity contribution in [1.82, 2.24) is 4.72 Å². The van der Waals surface area contributed by atoms with Gasteiger partial charge in [0.15, 0.2) is 0 Å². The molecule has 0 atom stereocenters. The number of hydrogen-bond acceptors (Lipinski definition) is 7. The Labute approximate surface area is 148 Å². The Morgan fingerprint density at radius 1 is 1.28 bits per heavy atom. The van der Waals surface area contributed by atoms with Gasteiger partial charge in [-0.25, -0.2) is 17.9 Å². The van der Waals surface area contributed by atoms with Gasteiger partial charge in [-0.05, 0) is 29.2 Å². The van der Waals surface area contributed by atoms with Crippen molar-refractivity contribution in [3.05, 3.63) is 57.8 Å². The standard InChI is InChI=1S/C16H12N2O5S2/c1-23-16(20)15-13(8-9-24-15)25(21,22)18-14(19)7-6-11-4-2-3-5-12(11)10-17/h2-9H,1H3,(H,18,19)/b7-6-. The number of sulfonamides is 1. The second-order valence-electron chi connectivity index (χ2n) is 4.61. The van der Waals surface area contributed by atoms with Crippen LogP contribution in [0.15, 0.2) is 46.7 Å². The predicted molar refractivity (Wildman–Crippen MR) is 91.2 cm³/mol. The minimum absolute atomic E-state index is 0.124. The number of esters is 1. The molecule has 0 saturated carbocycles. The van der Waals surface area contributed by atoms with Crippen molar-refractivity contribution in [2.24, 2.45) is 0 Å². The van der Waals surface area contributed by atoms with Crippen LogP contribution in [0.2, 0.25) is 0 Å². The summed E-state index contributed by atoms with van der Waals surface area (Å²) in [6, 6.07) is 9.72. The van der Waals surface area contributed by atoms with Gasteiger partial charge in [-0.3, -0.25) is 4.79 Å². The third-order valence-corrected chi connectivity index (χ3v) is 5.43. The van der Waals surface area contributed by atoms with Crippen LogP contribution in [-0.2, 0) is 19.6 Å². The zero-order chi connectivity index (χ0) is 18.4. The first kappa shape index (κ1) is 18.4. The predicted octanol–water partition coefficient (Wildman–Crippen LogP) is 1.92. The molecule has 2 aromatic rings.